The Morgan fingerprint density at radius 1 is 1.33 bits per heavy atom. The minimum Gasteiger partial charge on any atom is -0.378 e. The molecular formula is C15H16N4O2. The maximum absolute atomic E-state index is 9.50. The van der Waals surface area contributed by atoms with E-state index in [1.54, 1.807) is 0 Å². The number of nitrogens with zero attached hydrogens (tertiary/aromatic N) is 4. The van der Waals surface area contributed by atoms with E-state index >= 15 is 0 Å². The van der Waals surface area contributed by atoms with E-state index in [9.17, 15) is 5.26 Å². The van der Waals surface area contributed by atoms with Gasteiger partial charge in [0.25, 0.3) is 0 Å². The van der Waals surface area contributed by atoms with Crippen molar-refractivity contribution in [3.63, 3.8) is 0 Å². The van der Waals surface area contributed by atoms with Crippen molar-refractivity contribution in [1.29, 1.82) is 5.26 Å². The lowest BCUT2D eigenvalue weighted by Crippen LogP contribution is -2.52. The fraction of sp³-hybridized carbons (Fsp3) is 0.467. The molecule has 2 fully saturated rings. The molecule has 6 heteroatoms. The Balaban J connectivity index is 1.74. The Morgan fingerprint density at radius 3 is 3.10 bits per heavy atom. The molecule has 0 amide bonds. The van der Waals surface area contributed by atoms with E-state index in [2.05, 4.69) is 16.0 Å². The molecule has 0 aromatic carbocycles. The number of anilines is 1. The van der Waals surface area contributed by atoms with Gasteiger partial charge in [0.15, 0.2) is 11.5 Å². The van der Waals surface area contributed by atoms with Gasteiger partial charge in [-0.15, -0.1) is 0 Å². The second-order valence-electron chi connectivity index (χ2n) is 5.58. The number of pyridine rings is 1. The zero-order valence-corrected chi connectivity index (χ0v) is 11.7. The summed E-state index contributed by atoms with van der Waals surface area (Å²) >= 11 is 0. The standard InChI is InChI=1S/C15H16N4O2/c16-9-12-14(17-13-3-1-2-5-19(12)13)18-6-8-21-15(10-18)4-7-20-11-15/h1-3,5H,4,6-8,10-11H2. The van der Waals surface area contributed by atoms with Gasteiger partial charge in [-0.25, -0.2) is 4.98 Å². The fourth-order valence-electron chi connectivity index (χ4n) is 3.16. The van der Waals surface area contributed by atoms with E-state index in [0.717, 1.165) is 37.6 Å². The Bertz CT molecular complexity index is 712. The minimum atomic E-state index is -0.235. The molecule has 2 saturated heterocycles. The molecule has 0 bridgehead atoms. The van der Waals surface area contributed by atoms with Crippen LogP contribution >= 0.6 is 0 Å². The number of fused-ring (bicyclic) bond motifs is 1. The number of morpholine rings is 1. The van der Waals surface area contributed by atoms with Gasteiger partial charge >= 0.3 is 0 Å². The molecule has 6 nitrogen and oxygen atoms in total. The van der Waals surface area contributed by atoms with Gasteiger partial charge in [0, 0.05) is 25.8 Å². The van der Waals surface area contributed by atoms with Crippen LogP contribution in [0.25, 0.3) is 5.65 Å². The third-order valence-electron chi connectivity index (χ3n) is 4.23. The summed E-state index contributed by atoms with van der Waals surface area (Å²) in [4.78, 5) is 6.79. The summed E-state index contributed by atoms with van der Waals surface area (Å²) in [6.07, 6.45) is 2.78. The van der Waals surface area contributed by atoms with E-state index in [1.165, 1.54) is 0 Å². The number of aromatic nitrogens is 2. The quantitative estimate of drug-likeness (QED) is 0.787. The summed E-state index contributed by atoms with van der Waals surface area (Å²) in [5, 5.41) is 9.50. The molecule has 1 unspecified atom stereocenters. The van der Waals surface area contributed by atoms with Crippen molar-refractivity contribution in [1.82, 2.24) is 9.38 Å². The minimum absolute atomic E-state index is 0.235. The average Bonchev–Trinajstić information content (AvgIpc) is 3.11. The zero-order chi connectivity index (χ0) is 14.3. The lowest BCUT2D eigenvalue weighted by atomic mass is 10.0. The van der Waals surface area contributed by atoms with Gasteiger partial charge in [0.05, 0.1) is 19.8 Å². The summed E-state index contributed by atoms with van der Waals surface area (Å²) in [6, 6.07) is 8.03. The maximum Gasteiger partial charge on any atom is 0.169 e. The smallest absolute Gasteiger partial charge is 0.169 e. The molecule has 4 heterocycles. The Labute approximate surface area is 122 Å². The van der Waals surface area contributed by atoms with Crippen molar-refractivity contribution >= 4 is 11.5 Å². The average molecular weight is 284 g/mol. The van der Waals surface area contributed by atoms with Gasteiger partial charge in [-0.1, -0.05) is 6.07 Å². The van der Waals surface area contributed by atoms with E-state index in [-0.39, 0.29) is 5.60 Å². The monoisotopic (exact) mass is 284 g/mol. The second kappa shape index (κ2) is 4.72. The van der Waals surface area contributed by atoms with Crippen LogP contribution in [-0.4, -0.2) is 47.9 Å². The Kier molecular flexibility index (Phi) is 2.84. The van der Waals surface area contributed by atoms with Crippen LogP contribution in [0.15, 0.2) is 24.4 Å². The number of rotatable bonds is 1. The van der Waals surface area contributed by atoms with Crippen molar-refractivity contribution in [2.24, 2.45) is 0 Å². The van der Waals surface area contributed by atoms with Crippen LogP contribution in [0.1, 0.15) is 12.1 Å². The molecule has 2 aliphatic rings. The van der Waals surface area contributed by atoms with E-state index < -0.39 is 0 Å². The second-order valence-corrected chi connectivity index (χ2v) is 5.58. The molecule has 4 rings (SSSR count). The molecule has 2 aliphatic heterocycles. The molecule has 2 aromatic rings. The van der Waals surface area contributed by atoms with Crippen LogP contribution in [0.2, 0.25) is 0 Å². The molecule has 1 spiro atoms. The number of hydrogen-bond donors (Lipinski definition) is 0. The maximum atomic E-state index is 9.50. The predicted molar refractivity (Wildman–Crippen MR) is 76.2 cm³/mol. The first-order chi connectivity index (χ1) is 10.3. The topological polar surface area (TPSA) is 62.8 Å². The number of nitriles is 1. The molecule has 0 N–H and O–H groups in total. The lowest BCUT2D eigenvalue weighted by Gasteiger charge is -2.39. The zero-order valence-electron chi connectivity index (χ0n) is 11.7. The summed E-state index contributed by atoms with van der Waals surface area (Å²) < 4.78 is 13.3. The normalized spacial score (nSPS) is 25.6. The molecule has 2 aromatic heterocycles. The SMILES string of the molecule is N#Cc1c(N2CCOC3(CCOC3)C2)nc2ccccn12. The molecule has 1 atom stereocenters. The Morgan fingerprint density at radius 2 is 2.29 bits per heavy atom. The molecular weight excluding hydrogens is 268 g/mol. The summed E-state index contributed by atoms with van der Waals surface area (Å²) in [5.74, 6) is 0.748. The highest BCUT2D eigenvalue weighted by atomic mass is 16.6. The highest BCUT2D eigenvalue weighted by molar-refractivity contribution is 5.60. The van der Waals surface area contributed by atoms with Gasteiger partial charge in [-0.2, -0.15) is 5.26 Å². The van der Waals surface area contributed by atoms with E-state index in [1.807, 2.05) is 28.8 Å². The number of hydrogen-bond acceptors (Lipinski definition) is 5. The molecule has 0 aliphatic carbocycles. The Hall–Kier alpha value is -2.10. The lowest BCUT2D eigenvalue weighted by molar-refractivity contribution is -0.0581. The van der Waals surface area contributed by atoms with Crippen molar-refractivity contribution < 1.29 is 9.47 Å². The van der Waals surface area contributed by atoms with Crippen LogP contribution < -0.4 is 4.90 Å². The van der Waals surface area contributed by atoms with Crippen LogP contribution in [0, 0.1) is 11.3 Å². The predicted octanol–water partition coefficient (Wildman–Crippen LogP) is 1.20. The first-order valence-electron chi connectivity index (χ1n) is 7.15. The van der Waals surface area contributed by atoms with Gasteiger partial charge in [0.2, 0.25) is 0 Å². The first kappa shape index (κ1) is 12.6. The summed E-state index contributed by atoms with van der Waals surface area (Å²) in [7, 11) is 0. The third-order valence-corrected chi connectivity index (χ3v) is 4.23. The van der Waals surface area contributed by atoms with Gasteiger partial charge < -0.3 is 14.4 Å². The van der Waals surface area contributed by atoms with Crippen LogP contribution in [-0.2, 0) is 9.47 Å². The van der Waals surface area contributed by atoms with Crippen LogP contribution in [0.5, 0.6) is 0 Å². The fourth-order valence-corrected chi connectivity index (χ4v) is 3.16. The summed E-state index contributed by atoms with van der Waals surface area (Å²) in [5.41, 5.74) is 1.15. The van der Waals surface area contributed by atoms with Crippen LogP contribution in [0.4, 0.5) is 5.82 Å². The van der Waals surface area contributed by atoms with Crippen molar-refractivity contribution in [2.45, 2.75) is 12.0 Å². The molecule has 0 radical (unpaired) electrons. The van der Waals surface area contributed by atoms with Gasteiger partial charge in [-0.05, 0) is 12.1 Å². The highest BCUT2D eigenvalue weighted by Crippen LogP contribution is 2.31. The van der Waals surface area contributed by atoms with Crippen molar-refractivity contribution in [3.8, 4) is 6.07 Å². The molecule has 21 heavy (non-hydrogen) atoms. The van der Waals surface area contributed by atoms with Gasteiger partial charge in [-0.3, -0.25) is 4.40 Å². The molecule has 108 valence electrons. The number of ether oxygens (including phenoxy) is 2. The van der Waals surface area contributed by atoms with Gasteiger partial charge in [0.1, 0.15) is 17.3 Å². The van der Waals surface area contributed by atoms with Crippen LogP contribution in [0.3, 0.4) is 0 Å². The molecule has 0 saturated carbocycles. The third kappa shape index (κ3) is 1.97. The summed E-state index contributed by atoms with van der Waals surface area (Å²) in [6.45, 7) is 3.48. The van der Waals surface area contributed by atoms with E-state index in [4.69, 9.17) is 9.47 Å². The van der Waals surface area contributed by atoms with Crippen molar-refractivity contribution in [2.75, 3.05) is 37.8 Å². The van der Waals surface area contributed by atoms with E-state index in [0.29, 0.717) is 18.9 Å². The van der Waals surface area contributed by atoms with Crippen molar-refractivity contribution in [3.05, 3.63) is 30.1 Å². The largest absolute Gasteiger partial charge is 0.378 e. The number of imidazole rings is 1. The first-order valence-corrected chi connectivity index (χ1v) is 7.15. The highest BCUT2D eigenvalue weighted by Gasteiger charge is 2.41.